The number of piperazine rings is 1. The first-order valence-electron chi connectivity index (χ1n) is 7.92. The van der Waals surface area contributed by atoms with Gasteiger partial charge in [0.2, 0.25) is 11.8 Å². The highest BCUT2D eigenvalue weighted by Gasteiger charge is 2.27. The molecule has 1 saturated heterocycles. The fourth-order valence-electron chi connectivity index (χ4n) is 2.95. The van der Waals surface area contributed by atoms with Crippen LogP contribution in [0.25, 0.3) is 0 Å². The highest BCUT2D eigenvalue weighted by atomic mass is 16.5. The van der Waals surface area contributed by atoms with E-state index in [1.807, 2.05) is 25.8 Å². The third-order valence-electron chi connectivity index (χ3n) is 4.40. The van der Waals surface area contributed by atoms with Crippen molar-refractivity contribution in [3.8, 4) is 5.88 Å². The van der Waals surface area contributed by atoms with E-state index in [2.05, 4.69) is 20.0 Å². The molecular weight excluding hydrogens is 308 g/mol. The zero-order valence-electron chi connectivity index (χ0n) is 14.5. The maximum atomic E-state index is 12.8. The summed E-state index contributed by atoms with van der Waals surface area (Å²) in [5.74, 6) is 1.22. The molecule has 0 atom stereocenters. The first kappa shape index (κ1) is 16.2. The molecule has 0 saturated carbocycles. The minimum Gasteiger partial charge on any atom is -0.481 e. The second-order valence-electron chi connectivity index (χ2n) is 5.85. The third-order valence-corrected chi connectivity index (χ3v) is 4.40. The number of methoxy groups -OCH3 is 1. The van der Waals surface area contributed by atoms with E-state index in [1.54, 1.807) is 24.1 Å². The molecule has 0 spiro atoms. The van der Waals surface area contributed by atoms with Gasteiger partial charge in [-0.15, -0.1) is 0 Å². The van der Waals surface area contributed by atoms with Crippen LogP contribution in [-0.4, -0.2) is 63.8 Å². The summed E-state index contributed by atoms with van der Waals surface area (Å²) in [6.07, 6.45) is 1.68. The number of ether oxygens (including phenoxy) is 1. The lowest BCUT2D eigenvalue weighted by Crippen LogP contribution is -2.49. The van der Waals surface area contributed by atoms with Crippen molar-refractivity contribution >= 4 is 11.9 Å². The van der Waals surface area contributed by atoms with Gasteiger partial charge in [-0.1, -0.05) is 0 Å². The Balaban J connectivity index is 1.69. The third kappa shape index (κ3) is 2.91. The molecule has 128 valence electrons. The van der Waals surface area contributed by atoms with Crippen LogP contribution in [0.4, 0.5) is 5.95 Å². The molecular formula is C16H22N6O2. The Morgan fingerprint density at radius 1 is 1.21 bits per heavy atom. The Bertz CT molecular complexity index is 749. The zero-order valence-corrected chi connectivity index (χ0v) is 14.5. The average Bonchev–Trinajstić information content (AvgIpc) is 2.86. The monoisotopic (exact) mass is 330 g/mol. The van der Waals surface area contributed by atoms with Crippen molar-refractivity contribution < 1.29 is 9.53 Å². The van der Waals surface area contributed by atoms with E-state index in [-0.39, 0.29) is 5.91 Å². The predicted octanol–water partition coefficient (Wildman–Crippen LogP) is 0.798. The molecule has 8 nitrogen and oxygen atoms in total. The molecule has 24 heavy (non-hydrogen) atoms. The van der Waals surface area contributed by atoms with Crippen LogP contribution in [0.3, 0.4) is 0 Å². The summed E-state index contributed by atoms with van der Waals surface area (Å²) in [6, 6.07) is 1.72. The number of carbonyl (C=O) groups excluding carboxylic acids is 1. The largest absolute Gasteiger partial charge is 0.481 e. The van der Waals surface area contributed by atoms with Crippen LogP contribution in [0.2, 0.25) is 0 Å². The molecule has 1 aliphatic heterocycles. The minimum atomic E-state index is 0.0457. The van der Waals surface area contributed by atoms with Crippen LogP contribution in [0.5, 0.6) is 5.88 Å². The fraction of sp³-hybridized carbons (Fsp3) is 0.500. The topological polar surface area (TPSA) is 76.4 Å². The smallest absolute Gasteiger partial charge is 0.257 e. The van der Waals surface area contributed by atoms with Gasteiger partial charge in [0.1, 0.15) is 0 Å². The van der Waals surface area contributed by atoms with E-state index in [0.717, 1.165) is 11.4 Å². The van der Waals surface area contributed by atoms with E-state index in [4.69, 9.17) is 4.74 Å². The summed E-state index contributed by atoms with van der Waals surface area (Å²) in [4.78, 5) is 25.4. The Hall–Kier alpha value is -2.64. The van der Waals surface area contributed by atoms with E-state index < -0.39 is 0 Å². The quantitative estimate of drug-likeness (QED) is 0.828. The van der Waals surface area contributed by atoms with Crippen molar-refractivity contribution in [3.63, 3.8) is 0 Å². The SMILES string of the molecule is COc1ccnc(N2CCN(C(=O)c3c(C)nn(C)c3C)CC2)n1. The molecule has 0 N–H and O–H groups in total. The number of hydrogen-bond acceptors (Lipinski definition) is 6. The molecule has 2 aromatic rings. The highest BCUT2D eigenvalue weighted by molar-refractivity contribution is 5.96. The molecule has 3 heterocycles. The number of anilines is 1. The summed E-state index contributed by atoms with van der Waals surface area (Å²) in [5.41, 5.74) is 2.39. The van der Waals surface area contributed by atoms with Gasteiger partial charge in [0.25, 0.3) is 5.91 Å². The molecule has 1 fully saturated rings. The van der Waals surface area contributed by atoms with Crippen molar-refractivity contribution in [1.82, 2.24) is 24.6 Å². The second-order valence-corrected chi connectivity index (χ2v) is 5.85. The van der Waals surface area contributed by atoms with E-state index in [9.17, 15) is 4.79 Å². The molecule has 0 aliphatic carbocycles. The Morgan fingerprint density at radius 3 is 2.50 bits per heavy atom. The van der Waals surface area contributed by atoms with Crippen molar-refractivity contribution in [1.29, 1.82) is 0 Å². The van der Waals surface area contributed by atoms with E-state index >= 15 is 0 Å². The molecule has 2 aromatic heterocycles. The van der Waals surface area contributed by atoms with Crippen LogP contribution in [0.15, 0.2) is 12.3 Å². The Morgan fingerprint density at radius 2 is 1.92 bits per heavy atom. The summed E-state index contributed by atoms with van der Waals surface area (Å²) < 4.78 is 6.89. The summed E-state index contributed by atoms with van der Waals surface area (Å²) in [5, 5.41) is 4.33. The maximum Gasteiger partial charge on any atom is 0.257 e. The number of aromatic nitrogens is 4. The van der Waals surface area contributed by atoms with Crippen LogP contribution < -0.4 is 9.64 Å². The molecule has 0 bridgehead atoms. The zero-order chi connectivity index (χ0) is 17.3. The first-order valence-corrected chi connectivity index (χ1v) is 7.92. The average molecular weight is 330 g/mol. The molecule has 3 rings (SSSR count). The van der Waals surface area contributed by atoms with Crippen LogP contribution in [-0.2, 0) is 7.05 Å². The maximum absolute atomic E-state index is 12.8. The number of aryl methyl sites for hydroxylation is 2. The van der Waals surface area contributed by atoms with Gasteiger partial charge >= 0.3 is 0 Å². The molecule has 0 unspecified atom stereocenters. The van der Waals surface area contributed by atoms with Crippen molar-refractivity contribution in [3.05, 3.63) is 29.2 Å². The van der Waals surface area contributed by atoms with Crippen LogP contribution in [0.1, 0.15) is 21.7 Å². The summed E-state index contributed by atoms with van der Waals surface area (Å²) >= 11 is 0. The molecule has 1 amide bonds. The van der Waals surface area contributed by atoms with Gasteiger partial charge in [-0.05, 0) is 13.8 Å². The lowest BCUT2D eigenvalue weighted by molar-refractivity contribution is 0.0744. The predicted molar refractivity (Wildman–Crippen MR) is 89.4 cm³/mol. The van der Waals surface area contributed by atoms with Crippen LogP contribution >= 0.6 is 0 Å². The molecule has 1 aliphatic rings. The Labute approximate surface area is 141 Å². The fourth-order valence-corrected chi connectivity index (χ4v) is 2.95. The molecule has 0 radical (unpaired) electrons. The first-order chi connectivity index (χ1) is 11.5. The van der Waals surface area contributed by atoms with Crippen LogP contribution in [0, 0.1) is 13.8 Å². The molecule has 8 heteroatoms. The van der Waals surface area contributed by atoms with Crippen molar-refractivity contribution in [2.24, 2.45) is 7.05 Å². The van der Waals surface area contributed by atoms with Crippen molar-refractivity contribution in [2.45, 2.75) is 13.8 Å². The Kier molecular flexibility index (Phi) is 4.37. The molecule has 0 aromatic carbocycles. The number of amides is 1. The summed E-state index contributed by atoms with van der Waals surface area (Å²) in [6.45, 7) is 6.45. The number of rotatable bonds is 3. The lowest BCUT2D eigenvalue weighted by atomic mass is 10.1. The minimum absolute atomic E-state index is 0.0457. The number of hydrogen-bond donors (Lipinski definition) is 0. The second kappa shape index (κ2) is 6.46. The standard InChI is InChI=1S/C16H22N6O2/c1-11-14(12(2)20(3)19-11)15(23)21-7-9-22(10-8-21)16-17-6-5-13(18-16)24-4/h5-6H,7-10H2,1-4H3. The van der Waals surface area contributed by atoms with Gasteiger partial charge < -0.3 is 14.5 Å². The highest BCUT2D eigenvalue weighted by Crippen LogP contribution is 2.18. The number of nitrogens with zero attached hydrogens (tertiary/aromatic N) is 6. The lowest BCUT2D eigenvalue weighted by Gasteiger charge is -2.34. The van der Waals surface area contributed by atoms with E-state index in [1.165, 1.54) is 0 Å². The van der Waals surface area contributed by atoms with Gasteiger partial charge in [0.15, 0.2) is 0 Å². The normalized spacial score (nSPS) is 14.8. The van der Waals surface area contributed by atoms with E-state index in [0.29, 0.717) is 43.6 Å². The van der Waals surface area contributed by atoms with Crippen molar-refractivity contribution in [2.75, 3.05) is 38.2 Å². The summed E-state index contributed by atoms with van der Waals surface area (Å²) in [7, 11) is 3.44. The number of carbonyl (C=O) groups is 1. The van der Waals surface area contributed by atoms with Gasteiger partial charge in [-0.25, -0.2) is 4.98 Å². The van der Waals surface area contributed by atoms with Gasteiger partial charge in [-0.2, -0.15) is 10.1 Å². The van der Waals surface area contributed by atoms with Gasteiger partial charge in [0.05, 0.1) is 18.4 Å². The van der Waals surface area contributed by atoms with Gasteiger partial charge in [0, 0.05) is 51.2 Å². The van der Waals surface area contributed by atoms with Gasteiger partial charge in [-0.3, -0.25) is 9.48 Å².